The summed E-state index contributed by atoms with van der Waals surface area (Å²) in [5.74, 6) is 1.55. The Bertz CT molecular complexity index is 451. The predicted octanol–water partition coefficient (Wildman–Crippen LogP) is 4.70. The lowest BCUT2D eigenvalue weighted by atomic mass is 9.97. The van der Waals surface area contributed by atoms with Gasteiger partial charge in [0.25, 0.3) is 0 Å². The second kappa shape index (κ2) is 8.89. The molecule has 21 heavy (non-hydrogen) atoms. The Hall–Kier alpha value is -1.28. The molecule has 0 bridgehead atoms. The Morgan fingerprint density at radius 1 is 1.24 bits per heavy atom. The van der Waals surface area contributed by atoms with Gasteiger partial charge < -0.3 is 10.1 Å². The third-order valence-corrected chi connectivity index (χ3v) is 3.82. The molecule has 0 unspecified atom stereocenters. The lowest BCUT2D eigenvalue weighted by molar-refractivity contribution is 0.271. The smallest absolute Gasteiger partial charge is 0.119 e. The number of rotatable bonds is 8. The fourth-order valence-electron chi connectivity index (χ4n) is 2.62. The zero-order valence-electron chi connectivity index (χ0n) is 13.5. The normalized spacial score (nSPS) is 15.1. The van der Waals surface area contributed by atoms with Crippen molar-refractivity contribution in [2.45, 2.75) is 52.5 Å². The lowest BCUT2D eigenvalue weighted by Gasteiger charge is -2.13. The van der Waals surface area contributed by atoms with Gasteiger partial charge in [0.15, 0.2) is 0 Å². The van der Waals surface area contributed by atoms with Crippen LogP contribution in [-0.2, 0) is 6.54 Å². The van der Waals surface area contributed by atoms with Crippen LogP contribution in [0.1, 0.15) is 51.5 Å². The number of benzene rings is 1. The number of hydrogen-bond acceptors (Lipinski definition) is 2. The predicted molar refractivity (Wildman–Crippen MR) is 89.6 cm³/mol. The lowest BCUT2D eigenvalue weighted by Crippen LogP contribution is -2.15. The highest BCUT2D eigenvalue weighted by Gasteiger charge is 2.03. The highest BCUT2D eigenvalue weighted by molar-refractivity contribution is 5.28. The molecule has 1 aromatic carbocycles. The molecule has 1 aliphatic rings. The number of allylic oxidation sites excluding steroid dienone is 1. The fourth-order valence-corrected chi connectivity index (χ4v) is 2.62. The van der Waals surface area contributed by atoms with Crippen LogP contribution in [0.4, 0.5) is 0 Å². The zero-order valence-corrected chi connectivity index (χ0v) is 13.5. The number of ether oxygens (including phenoxy) is 1. The summed E-state index contributed by atoms with van der Waals surface area (Å²) in [5, 5.41) is 3.54. The van der Waals surface area contributed by atoms with E-state index in [1.807, 2.05) is 6.07 Å². The summed E-state index contributed by atoms with van der Waals surface area (Å²) >= 11 is 0. The van der Waals surface area contributed by atoms with Crippen LogP contribution >= 0.6 is 0 Å². The highest BCUT2D eigenvalue weighted by atomic mass is 16.5. The maximum absolute atomic E-state index is 5.77. The van der Waals surface area contributed by atoms with E-state index in [0.717, 1.165) is 25.4 Å². The maximum Gasteiger partial charge on any atom is 0.119 e. The van der Waals surface area contributed by atoms with E-state index in [1.165, 1.54) is 37.7 Å². The molecule has 0 fully saturated rings. The molecule has 2 heteroatoms. The molecule has 0 aliphatic heterocycles. The molecule has 1 N–H and O–H groups in total. The van der Waals surface area contributed by atoms with Gasteiger partial charge in [-0.1, -0.05) is 37.6 Å². The van der Waals surface area contributed by atoms with Crippen LogP contribution in [0.5, 0.6) is 5.75 Å². The Labute approximate surface area is 129 Å². The standard InChI is InChI=1S/C19H29NO/c1-16(2)15-21-19-10-6-9-18(13-19)14-20-12-11-17-7-4-3-5-8-17/h6-7,9-10,13,16,20H,3-5,8,11-12,14-15H2,1-2H3. The first kappa shape index (κ1) is 16.1. The Morgan fingerprint density at radius 2 is 2.14 bits per heavy atom. The molecule has 0 saturated carbocycles. The van der Waals surface area contributed by atoms with Crippen LogP contribution in [0, 0.1) is 5.92 Å². The van der Waals surface area contributed by atoms with Crippen molar-refractivity contribution in [2.75, 3.05) is 13.2 Å². The molecule has 2 rings (SSSR count). The van der Waals surface area contributed by atoms with Gasteiger partial charge in [-0.2, -0.15) is 0 Å². The quantitative estimate of drug-likeness (QED) is 0.552. The molecule has 0 amide bonds. The summed E-state index contributed by atoms with van der Waals surface area (Å²) in [5.41, 5.74) is 2.94. The van der Waals surface area contributed by atoms with E-state index in [2.05, 4.69) is 43.4 Å². The van der Waals surface area contributed by atoms with Crippen LogP contribution in [0.2, 0.25) is 0 Å². The van der Waals surface area contributed by atoms with E-state index in [9.17, 15) is 0 Å². The van der Waals surface area contributed by atoms with Crippen LogP contribution in [-0.4, -0.2) is 13.2 Å². The van der Waals surface area contributed by atoms with Gasteiger partial charge in [-0.05, 0) is 62.3 Å². The van der Waals surface area contributed by atoms with Crippen molar-refractivity contribution in [3.05, 3.63) is 41.5 Å². The summed E-state index contributed by atoms with van der Waals surface area (Å²) < 4.78 is 5.77. The van der Waals surface area contributed by atoms with Gasteiger partial charge in [0.05, 0.1) is 6.61 Å². The second-order valence-electron chi connectivity index (χ2n) is 6.39. The van der Waals surface area contributed by atoms with Crippen molar-refractivity contribution in [3.8, 4) is 5.75 Å². The monoisotopic (exact) mass is 287 g/mol. The average molecular weight is 287 g/mol. The number of nitrogens with one attached hydrogen (secondary N) is 1. The van der Waals surface area contributed by atoms with Gasteiger partial charge in [-0.3, -0.25) is 0 Å². The third kappa shape index (κ3) is 6.34. The second-order valence-corrected chi connectivity index (χ2v) is 6.39. The average Bonchev–Trinajstić information content (AvgIpc) is 2.51. The molecule has 0 spiro atoms. The minimum Gasteiger partial charge on any atom is -0.493 e. The van der Waals surface area contributed by atoms with Gasteiger partial charge in [0, 0.05) is 6.54 Å². The molecule has 0 saturated heterocycles. The van der Waals surface area contributed by atoms with Crippen LogP contribution < -0.4 is 10.1 Å². The van der Waals surface area contributed by atoms with Crippen LogP contribution in [0.3, 0.4) is 0 Å². The minimum atomic E-state index is 0.565. The van der Waals surface area contributed by atoms with Crippen molar-refractivity contribution < 1.29 is 4.74 Å². The Balaban J connectivity index is 1.70. The van der Waals surface area contributed by atoms with E-state index >= 15 is 0 Å². The van der Waals surface area contributed by atoms with Crippen molar-refractivity contribution in [2.24, 2.45) is 5.92 Å². The van der Waals surface area contributed by atoms with Gasteiger partial charge in [0.1, 0.15) is 5.75 Å². The third-order valence-electron chi connectivity index (χ3n) is 3.82. The number of hydrogen-bond donors (Lipinski definition) is 1. The first-order chi connectivity index (χ1) is 10.2. The molecule has 0 atom stereocenters. The van der Waals surface area contributed by atoms with Crippen LogP contribution in [0.25, 0.3) is 0 Å². The SMILES string of the molecule is CC(C)COc1cccc(CNCCC2=CCCCC2)c1. The van der Waals surface area contributed by atoms with Gasteiger partial charge in [-0.25, -0.2) is 0 Å². The fraction of sp³-hybridized carbons (Fsp3) is 0.579. The first-order valence-electron chi connectivity index (χ1n) is 8.34. The largest absolute Gasteiger partial charge is 0.493 e. The Morgan fingerprint density at radius 3 is 2.90 bits per heavy atom. The highest BCUT2D eigenvalue weighted by Crippen LogP contribution is 2.19. The summed E-state index contributed by atoms with van der Waals surface area (Å²) in [4.78, 5) is 0. The Kier molecular flexibility index (Phi) is 6.81. The van der Waals surface area contributed by atoms with Crippen molar-refractivity contribution in [1.82, 2.24) is 5.32 Å². The van der Waals surface area contributed by atoms with E-state index in [4.69, 9.17) is 4.74 Å². The maximum atomic E-state index is 5.77. The summed E-state index contributed by atoms with van der Waals surface area (Å²) in [6.45, 7) is 7.12. The topological polar surface area (TPSA) is 21.3 Å². The molecule has 116 valence electrons. The van der Waals surface area contributed by atoms with E-state index in [-0.39, 0.29) is 0 Å². The van der Waals surface area contributed by atoms with Crippen molar-refractivity contribution >= 4 is 0 Å². The van der Waals surface area contributed by atoms with Crippen molar-refractivity contribution in [1.29, 1.82) is 0 Å². The molecule has 1 aromatic rings. The molecule has 1 aliphatic carbocycles. The summed E-state index contributed by atoms with van der Waals surface area (Å²) in [6, 6.07) is 8.43. The molecular weight excluding hydrogens is 258 g/mol. The molecular formula is C19H29NO. The summed E-state index contributed by atoms with van der Waals surface area (Å²) in [7, 11) is 0. The van der Waals surface area contributed by atoms with E-state index in [1.54, 1.807) is 5.57 Å². The van der Waals surface area contributed by atoms with E-state index in [0.29, 0.717) is 5.92 Å². The molecule has 2 nitrogen and oxygen atoms in total. The van der Waals surface area contributed by atoms with Gasteiger partial charge >= 0.3 is 0 Å². The summed E-state index contributed by atoms with van der Waals surface area (Å²) in [6.07, 6.45) is 8.97. The molecule has 0 aromatic heterocycles. The van der Waals surface area contributed by atoms with Gasteiger partial charge in [0.2, 0.25) is 0 Å². The van der Waals surface area contributed by atoms with Gasteiger partial charge in [-0.15, -0.1) is 0 Å². The molecule has 0 heterocycles. The zero-order chi connectivity index (χ0) is 14.9. The van der Waals surface area contributed by atoms with Crippen LogP contribution in [0.15, 0.2) is 35.9 Å². The minimum absolute atomic E-state index is 0.565. The van der Waals surface area contributed by atoms with E-state index < -0.39 is 0 Å². The first-order valence-corrected chi connectivity index (χ1v) is 8.34. The van der Waals surface area contributed by atoms with Crippen molar-refractivity contribution in [3.63, 3.8) is 0 Å². The molecule has 0 radical (unpaired) electrons.